The minimum absolute atomic E-state index is 0.179. The molecule has 30 heavy (non-hydrogen) atoms. The SMILES string of the molecule is Cc1nn(C)c2nc(C(C)N/C(=C/C#N)Nc3cc(Cl)nc(Cl)c3)cc(C(C)C)c12. The number of fused-ring (bicyclic) bond motifs is 1. The number of aryl methyl sites for hydroxylation is 2. The molecule has 0 saturated heterocycles. The van der Waals surface area contributed by atoms with E-state index in [1.54, 1.807) is 16.8 Å². The van der Waals surface area contributed by atoms with E-state index < -0.39 is 0 Å². The van der Waals surface area contributed by atoms with Gasteiger partial charge in [0.05, 0.1) is 29.6 Å². The van der Waals surface area contributed by atoms with Crippen LogP contribution in [0.15, 0.2) is 30.1 Å². The van der Waals surface area contributed by atoms with Crippen LogP contribution in [-0.2, 0) is 7.05 Å². The van der Waals surface area contributed by atoms with Crippen molar-refractivity contribution in [1.82, 2.24) is 25.1 Å². The molecule has 7 nitrogen and oxygen atoms in total. The highest BCUT2D eigenvalue weighted by Gasteiger charge is 2.18. The molecule has 3 aromatic rings. The summed E-state index contributed by atoms with van der Waals surface area (Å²) in [6, 6.07) is 7.22. The number of hydrogen-bond donors (Lipinski definition) is 2. The average Bonchev–Trinajstić information content (AvgIpc) is 2.94. The molecule has 0 bridgehead atoms. The molecule has 0 fully saturated rings. The first-order chi connectivity index (χ1) is 14.2. The number of hydrogen-bond acceptors (Lipinski definition) is 6. The summed E-state index contributed by atoms with van der Waals surface area (Å²) in [4.78, 5) is 8.76. The molecule has 3 aromatic heterocycles. The summed E-state index contributed by atoms with van der Waals surface area (Å²) in [5, 5.41) is 21.8. The third-order valence-corrected chi connectivity index (χ3v) is 5.09. The maximum Gasteiger partial charge on any atom is 0.158 e. The number of anilines is 1. The summed E-state index contributed by atoms with van der Waals surface area (Å²) < 4.78 is 1.80. The van der Waals surface area contributed by atoms with Crippen molar-refractivity contribution >= 4 is 39.9 Å². The van der Waals surface area contributed by atoms with Crippen LogP contribution in [0, 0.1) is 18.3 Å². The largest absolute Gasteiger partial charge is 0.363 e. The summed E-state index contributed by atoms with van der Waals surface area (Å²) in [6.45, 7) is 8.30. The van der Waals surface area contributed by atoms with Crippen LogP contribution >= 0.6 is 23.2 Å². The molecule has 0 amide bonds. The molecule has 9 heteroatoms. The lowest BCUT2D eigenvalue weighted by Gasteiger charge is -2.20. The Morgan fingerprint density at radius 2 is 1.83 bits per heavy atom. The fourth-order valence-electron chi connectivity index (χ4n) is 3.35. The van der Waals surface area contributed by atoms with Gasteiger partial charge in [-0.1, -0.05) is 37.0 Å². The normalized spacial score (nSPS) is 12.8. The Bertz CT molecular complexity index is 1140. The molecule has 1 atom stereocenters. The first-order valence-electron chi connectivity index (χ1n) is 9.50. The minimum Gasteiger partial charge on any atom is -0.363 e. The molecule has 3 rings (SSSR count). The second-order valence-corrected chi connectivity index (χ2v) is 8.15. The number of nitriles is 1. The smallest absolute Gasteiger partial charge is 0.158 e. The Hall–Kier alpha value is -2.82. The summed E-state index contributed by atoms with van der Waals surface area (Å²) in [5.74, 6) is 0.815. The van der Waals surface area contributed by atoms with Crippen molar-refractivity contribution in [3.8, 4) is 6.07 Å². The van der Waals surface area contributed by atoms with Crippen molar-refractivity contribution in [1.29, 1.82) is 5.26 Å². The Kier molecular flexibility index (Phi) is 6.49. The molecule has 0 aliphatic heterocycles. The zero-order valence-electron chi connectivity index (χ0n) is 17.5. The summed E-state index contributed by atoms with van der Waals surface area (Å²) in [6.07, 6.45) is 1.38. The number of nitrogens with zero attached hydrogens (tertiary/aromatic N) is 5. The van der Waals surface area contributed by atoms with Gasteiger partial charge < -0.3 is 10.6 Å². The van der Waals surface area contributed by atoms with E-state index in [-0.39, 0.29) is 16.3 Å². The number of allylic oxidation sites excluding steroid dienone is 1. The first kappa shape index (κ1) is 21.9. The number of halogens is 2. The summed E-state index contributed by atoms with van der Waals surface area (Å²) >= 11 is 11.9. The molecule has 156 valence electrons. The van der Waals surface area contributed by atoms with E-state index in [0.717, 1.165) is 22.4 Å². The van der Waals surface area contributed by atoms with E-state index in [0.29, 0.717) is 17.4 Å². The standard InChI is InChI=1S/C21H23Cl2N7/c1-11(2)15-10-16(27-21-20(15)13(4)29-30(21)5)12(3)25-19(6-7-24)26-14-8-17(22)28-18(23)9-14/h6,8-12,25H,1-5H3,(H,26,28)/b19-6-. The molecule has 3 heterocycles. The predicted octanol–water partition coefficient (Wildman–Crippen LogP) is 5.23. The van der Waals surface area contributed by atoms with Crippen LogP contribution in [0.25, 0.3) is 11.0 Å². The molecule has 2 N–H and O–H groups in total. The van der Waals surface area contributed by atoms with Gasteiger partial charge in [-0.3, -0.25) is 4.68 Å². The molecule has 0 aromatic carbocycles. The third-order valence-electron chi connectivity index (χ3n) is 4.71. The van der Waals surface area contributed by atoms with E-state index in [1.165, 1.54) is 11.6 Å². The number of pyridine rings is 2. The topological polar surface area (TPSA) is 91.5 Å². The Balaban J connectivity index is 1.94. The van der Waals surface area contributed by atoms with Gasteiger partial charge in [-0.25, -0.2) is 9.97 Å². The molecule has 0 saturated carbocycles. The van der Waals surface area contributed by atoms with Crippen LogP contribution in [-0.4, -0.2) is 19.7 Å². The van der Waals surface area contributed by atoms with Crippen LogP contribution in [0.3, 0.4) is 0 Å². The quantitative estimate of drug-likeness (QED) is 0.400. The Labute approximate surface area is 185 Å². The average molecular weight is 444 g/mol. The second-order valence-electron chi connectivity index (χ2n) is 7.38. The van der Waals surface area contributed by atoms with Gasteiger partial charge in [-0.2, -0.15) is 10.4 Å². The van der Waals surface area contributed by atoms with Gasteiger partial charge in [0, 0.05) is 18.1 Å². The third kappa shape index (κ3) is 4.66. The summed E-state index contributed by atoms with van der Waals surface area (Å²) in [5.41, 5.74) is 4.48. The molecule has 1 unspecified atom stereocenters. The lowest BCUT2D eigenvalue weighted by Crippen LogP contribution is -2.24. The van der Waals surface area contributed by atoms with Crippen molar-refractivity contribution in [2.24, 2.45) is 7.05 Å². The van der Waals surface area contributed by atoms with E-state index in [2.05, 4.69) is 40.6 Å². The van der Waals surface area contributed by atoms with Crippen molar-refractivity contribution in [3.05, 3.63) is 57.4 Å². The second kappa shape index (κ2) is 8.90. The van der Waals surface area contributed by atoms with Crippen molar-refractivity contribution in [2.75, 3.05) is 5.32 Å². The van der Waals surface area contributed by atoms with Gasteiger partial charge in [0.2, 0.25) is 0 Å². The number of nitrogens with one attached hydrogen (secondary N) is 2. The minimum atomic E-state index is -0.179. The zero-order chi connectivity index (χ0) is 22.0. The van der Waals surface area contributed by atoms with Gasteiger partial charge in [0.25, 0.3) is 0 Å². The van der Waals surface area contributed by atoms with Crippen LogP contribution < -0.4 is 10.6 Å². The van der Waals surface area contributed by atoms with Crippen LogP contribution in [0.5, 0.6) is 0 Å². The molecule has 0 aliphatic carbocycles. The first-order valence-corrected chi connectivity index (χ1v) is 10.3. The fourth-order valence-corrected chi connectivity index (χ4v) is 3.81. The van der Waals surface area contributed by atoms with Gasteiger partial charge in [0.1, 0.15) is 16.1 Å². The highest BCUT2D eigenvalue weighted by molar-refractivity contribution is 6.32. The zero-order valence-corrected chi connectivity index (χ0v) is 19.0. The number of rotatable bonds is 6. The molecule has 0 radical (unpaired) electrons. The van der Waals surface area contributed by atoms with Gasteiger partial charge in [-0.05, 0) is 43.5 Å². The van der Waals surface area contributed by atoms with Gasteiger partial charge in [0.15, 0.2) is 5.65 Å². The fraction of sp³-hybridized carbons (Fsp3) is 0.333. The summed E-state index contributed by atoms with van der Waals surface area (Å²) in [7, 11) is 1.90. The van der Waals surface area contributed by atoms with Crippen LogP contribution in [0.4, 0.5) is 5.69 Å². The highest BCUT2D eigenvalue weighted by Crippen LogP contribution is 2.29. The van der Waals surface area contributed by atoms with E-state index >= 15 is 0 Å². The van der Waals surface area contributed by atoms with Gasteiger partial charge >= 0.3 is 0 Å². The Morgan fingerprint density at radius 1 is 1.17 bits per heavy atom. The van der Waals surface area contributed by atoms with E-state index in [1.807, 2.05) is 27.0 Å². The van der Waals surface area contributed by atoms with E-state index in [9.17, 15) is 5.26 Å². The molecular weight excluding hydrogens is 421 g/mol. The van der Waals surface area contributed by atoms with Crippen molar-refractivity contribution in [3.63, 3.8) is 0 Å². The Morgan fingerprint density at radius 3 is 2.43 bits per heavy atom. The maximum absolute atomic E-state index is 9.21. The predicted molar refractivity (Wildman–Crippen MR) is 120 cm³/mol. The molecule has 0 spiro atoms. The van der Waals surface area contributed by atoms with Crippen LogP contribution in [0.1, 0.15) is 49.7 Å². The lowest BCUT2D eigenvalue weighted by molar-refractivity contribution is 0.635. The van der Waals surface area contributed by atoms with E-state index in [4.69, 9.17) is 28.2 Å². The molecular formula is C21H23Cl2N7. The monoisotopic (exact) mass is 443 g/mol. The molecule has 0 aliphatic rings. The van der Waals surface area contributed by atoms with Gasteiger partial charge in [-0.15, -0.1) is 0 Å². The number of aromatic nitrogens is 4. The van der Waals surface area contributed by atoms with Crippen molar-refractivity contribution in [2.45, 2.75) is 39.7 Å². The lowest BCUT2D eigenvalue weighted by atomic mass is 9.97. The van der Waals surface area contributed by atoms with Crippen molar-refractivity contribution < 1.29 is 0 Å². The maximum atomic E-state index is 9.21. The van der Waals surface area contributed by atoms with Crippen LogP contribution in [0.2, 0.25) is 10.3 Å². The highest BCUT2D eigenvalue weighted by atomic mass is 35.5.